The van der Waals surface area contributed by atoms with Gasteiger partial charge in [-0.1, -0.05) is 0 Å². The second-order valence-electron chi connectivity index (χ2n) is 2.94. The van der Waals surface area contributed by atoms with Gasteiger partial charge in [-0.15, -0.1) is 0 Å². The van der Waals surface area contributed by atoms with Crippen molar-refractivity contribution in [3.8, 4) is 0 Å². The second-order valence-corrected chi connectivity index (χ2v) is 3.39. The van der Waals surface area contributed by atoms with Crippen molar-refractivity contribution in [1.29, 1.82) is 0 Å². The Labute approximate surface area is 88.3 Å². The Morgan fingerprint density at radius 3 is 3.07 bits per heavy atom. The molecule has 0 fully saturated rings. The van der Waals surface area contributed by atoms with Crippen LogP contribution in [0.15, 0.2) is 17.2 Å². The normalized spacial score (nSPS) is 10.4. The van der Waals surface area contributed by atoms with E-state index in [-0.39, 0.29) is 5.69 Å². The molecule has 0 aliphatic heterocycles. The Morgan fingerprint density at radius 1 is 1.57 bits per heavy atom. The topological polar surface area (TPSA) is 44.1 Å². The molecule has 0 atom stereocenters. The molecular weight excluding hydrogens is 200 g/mol. The third-order valence-electron chi connectivity index (χ3n) is 1.70. The molecule has 0 aliphatic carbocycles. The molecule has 0 aromatic carbocycles. The van der Waals surface area contributed by atoms with Gasteiger partial charge in [0, 0.05) is 18.1 Å². The monoisotopic (exact) mass is 214 g/mol. The lowest BCUT2D eigenvalue weighted by molar-refractivity contribution is 0.140. The van der Waals surface area contributed by atoms with E-state index in [1.165, 1.54) is 0 Å². The second kappa shape index (κ2) is 5.82. The zero-order valence-corrected chi connectivity index (χ0v) is 9.04. The van der Waals surface area contributed by atoms with Crippen LogP contribution < -0.4 is 5.69 Å². The molecule has 78 valence electrons. The molecule has 0 radical (unpaired) electrons. The first kappa shape index (κ1) is 11.3. The molecule has 0 unspecified atom stereocenters. The average Bonchev–Trinajstić information content (AvgIpc) is 2.18. The molecular formula is C9H14N2O2S. The minimum atomic E-state index is -0.231. The number of nitrogens with zero attached hydrogens (tertiary/aromatic N) is 2. The van der Waals surface area contributed by atoms with Gasteiger partial charge in [0.25, 0.3) is 0 Å². The molecule has 0 saturated carbocycles. The van der Waals surface area contributed by atoms with Crippen molar-refractivity contribution in [3.63, 3.8) is 0 Å². The molecule has 1 rings (SSSR count). The zero-order valence-electron chi connectivity index (χ0n) is 8.14. The lowest BCUT2D eigenvalue weighted by atomic mass is 10.4. The number of aromatic nitrogens is 2. The van der Waals surface area contributed by atoms with Crippen LogP contribution in [0.2, 0.25) is 0 Å². The Balaban J connectivity index is 2.49. The van der Waals surface area contributed by atoms with Crippen molar-refractivity contribution in [2.24, 2.45) is 0 Å². The maximum Gasteiger partial charge on any atom is 0.347 e. The van der Waals surface area contributed by atoms with Crippen molar-refractivity contribution in [2.75, 3.05) is 19.0 Å². The van der Waals surface area contributed by atoms with Crippen molar-refractivity contribution < 1.29 is 4.74 Å². The van der Waals surface area contributed by atoms with Crippen LogP contribution in [-0.2, 0) is 11.3 Å². The summed E-state index contributed by atoms with van der Waals surface area (Å²) in [5.41, 5.74) is 0.740. The van der Waals surface area contributed by atoms with Crippen molar-refractivity contribution in [1.82, 2.24) is 9.55 Å². The Kier molecular flexibility index (Phi) is 4.69. The third-order valence-corrected chi connectivity index (χ3v) is 1.88. The zero-order chi connectivity index (χ0) is 10.4. The summed E-state index contributed by atoms with van der Waals surface area (Å²) in [6.45, 7) is 3.57. The number of hydrogen-bond donors (Lipinski definition) is 1. The van der Waals surface area contributed by atoms with E-state index in [4.69, 9.17) is 4.74 Å². The van der Waals surface area contributed by atoms with E-state index < -0.39 is 0 Å². The van der Waals surface area contributed by atoms with Crippen LogP contribution in [0.5, 0.6) is 0 Å². The highest BCUT2D eigenvalue weighted by molar-refractivity contribution is 7.80. The molecule has 5 heteroatoms. The summed E-state index contributed by atoms with van der Waals surface area (Å²) >= 11 is 4.01. The molecule has 4 nitrogen and oxygen atoms in total. The Bertz CT molecular complexity index is 338. The smallest absolute Gasteiger partial charge is 0.347 e. The van der Waals surface area contributed by atoms with E-state index in [1.807, 2.05) is 6.92 Å². The molecule has 1 aromatic heterocycles. The quantitative estimate of drug-likeness (QED) is 0.573. The van der Waals surface area contributed by atoms with E-state index in [0.717, 1.165) is 5.56 Å². The van der Waals surface area contributed by atoms with Gasteiger partial charge in [0.1, 0.15) is 0 Å². The van der Waals surface area contributed by atoms with Crippen LogP contribution in [0.3, 0.4) is 0 Å². The Hall–Kier alpha value is -0.810. The van der Waals surface area contributed by atoms with Crippen molar-refractivity contribution in [2.45, 2.75) is 13.5 Å². The van der Waals surface area contributed by atoms with Crippen molar-refractivity contribution in [3.05, 3.63) is 28.4 Å². The SMILES string of the molecule is Cc1cnc(=O)n(CCOCCS)c1. The molecule has 1 aromatic rings. The molecule has 0 spiro atoms. The first-order chi connectivity index (χ1) is 6.74. The number of aryl methyl sites for hydroxylation is 1. The average molecular weight is 214 g/mol. The minimum Gasteiger partial charge on any atom is -0.379 e. The van der Waals surface area contributed by atoms with E-state index in [0.29, 0.717) is 25.5 Å². The van der Waals surface area contributed by atoms with Crippen LogP contribution in [0.4, 0.5) is 0 Å². The predicted octanol–water partition coefficient (Wildman–Crippen LogP) is 0.498. The van der Waals surface area contributed by atoms with Crippen LogP contribution in [0, 0.1) is 6.92 Å². The van der Waals surface area contributed by atoms with Gasteiger partial charge in [-0.25, -0.2) is 9.78 Å². The summed E-state index contributed by atoms with van der Waals surface area (Å²) in [5.74, 6) is 0.695. The van der Waals surface area contributed by atoms with Gasteiger partial charge in [-0.3, -0.25) is 4.57 Å². The van der Waals surface area contributed by atoms with E-state index in [1.54, 1.807) is 17.0 Å². The van der Waals surface area contributed by atoms with E-state index >= 15 is 0 Å². The van der Waals surface area contributed by atoms with Crippen LogP contribution in [0.25, 0.3) is 0 Å². The Morgan fingerprint density at radius 2 is 2.36 bits per heavy atom. The first-order valence-corrected chi connectivity index (χ1v) is 5.09. The van der Waals surface area contributed by atoms with Gasteiger partial charge in [-0.2, -0.15) is 12.6 Å². The highest BCUT2D eigenvalue weighted by Gasteiger charge is 1.96. The molecule has 0 amide bonds. The van der Waals surface area contributed by atoms with E-state index in [9.17, 15) is 4.79 Å². The highest BCUT2D eigenvalue weighted by Crippen LogP contribution is 1.90. The lowest BCUT2D eigenvalue weighted by Crippen LogP contribution is -2.24. The van der Waals surface area contributed by atoms with Gasteiger partial charge in [-0.05, 0) is 12.5 Å². The maximum absolute atomic E-state index is 11.2. The van der Waals surface area contributed by atoms with Crippen LogP contribution in [0.1, 0.15) is 5.56 Å². The largest absolute Gasteiger partial charge is 0.379 e. The fraction of sp³-hybridized carbons (Fsp3) is 0.556. The third kappa shape index (κ3) is 3.51. The number of rotatable bonds is 5. The summed E-state index contributed by atoms with van der Waals surface area (Å²) in [4.78, 5) is 14.9. The minimum absolute atomic E-state index is 0.231. The van der Waals surface area contributed by atoms with Crippen molar-refractivity contribution >= 4 is 12.6 Å². The molecule has 0 saturated heterocycles. The number of thiol groups is 1. The summed E-state index contributed by atoms with van der Waals surface area (Å²) in [7, 11) is 0. The highest BCUT2D eigenvalue weighted by atomic mass is 32.1. The van der Waals surface area contributed by atoms with E-state index in [2.05, 4.69) is 17.6 Å². The molecule has 0 N–H and O–H groups in total. The summed E-state index contributed by atoms with van der Waals surface area (Å²) in [5, 5.41) is 0. The summed E-state index contributed by atoms with van der Waals surface area (Å²) in [6.07, 6.45) is 3.34. The lowest BCUT2D eigenvalue weighted by Gasteiger charge is -2.05. The summed E-state index contributed by atoms with van der Waals surface area (Å²) < 4.78 is 6.77. The molecule has 14 heavy (non-hydrogen) atoms. The van der Waals surface area contributed by atoms with Gasteiger partial charge in [0.05, 0.1) is 19.8 Å². The summed E-state index contributed by atoms with van der Waals surface area (Å²) in [6, 6.07) is 0. The standard InChI is InChI=1S/C9H14N2O2S/c1-8-6-10-9(12)11(7-8)2-3-13-4-5-14/h6-7,14H,2-5H2,1H3. The fourth-order valence-corrected chi connectivity index (χ4v) is 1.18. The van der Waals surface area contributed by atoms with Gasteiger partial charge in [0.15, 0.2) is 0 Å². The number of ether oxygens (including phenoxy) is 1. The van der Waals surface area contributed by atoms with Gasteiger partial charge in [0.2, 0.25) is 0 Å². The fourth-order valence-electron chi connectivity index (χ4n) is 1.06. The van der Waals surface area contributed by atoms with Crippen LogP contribution in [-0.4, -0.2) is 28.5 Å². The van der Waals surface area contributed by atoms with Gasteiger partial charge < -0.3 is 4.74 Å². The molecule has 0 bridgehead atoms. The molecule has 0 aliphatic rings. The van der Waals surface area contributed by atoms with Gasteiger partial charge >= 0.3 is 5.69 Å². The van der Waals surface area contributed by atoms with Crippen LogP contribution >= 0.6 is 12.6 Å². The number of hydrogen-bond acceptors (Lipinski definition) is 4. The predicted molar refractivity (Wildman–Crippen MR) is 57.9 cm³/mol. The maximum atomic E-state index is 11.2. The molecule has 1 heterocycles. The first-order valence-electron chi connectivity index (χ1n) is 4.45.